The van der Waals surface area contributed by atoms with Crippen LogP contribution in [0.1, 0.15) is 108 Å². The predicted molar refractivity (Wildman–Crippen MR) is 145 cm³/mol. The summed E-state index contributed by atoms with van der Waals surface area (Å²) in [4.78, 5) is 4.15. The van der Waals surface area contributed by atoms with E-state index in [2.05, 4.69) is 116 Å². The van der Waals surface area contributed by atoms with E-state index in [-0.39, 0.29) is 0 Å². The Morgan fingerprint density at radius 2 is 1.00 bits per heavy atom. The third-order valence-corrected chi connectivity index (χ3v) is 6.69. The molecule has 2 aromatic rings. The zero-order chi connectivity index (χ0) is 24.6. The van der Waals surface area contributed by atoms with Crippen molar-refractivity contribution in [3.05, 3.63) is 82.7 Å². The summed E-state index contributed by atoms with van der Waals surface area (Å²) in [5.74, 6) is 1.33. The van der Waals surface area contributed by atoms with Gasteiger partial charge < -0.3 is 14.6 Å². The standard InChI is InChI=1S/C29H41BN2O/c1-18(2)24-13-11-14-25(19(3)4)28(24)31-22(9)17-23(10)32(30(31)33)29-26(20(5)6)15-12-16-27(29)21(7)8/h11-21,33H,9H2,1-8,10H3. The van der Waals surface area contributed by atoms with E-state index in [1.807, 2.05) is 4.81 Å². The Balaban J connectivity index is 2.30. The van der Waals surface area contributed by atoms with Crippen LogP contribution in [0.5, 0.6) is 0 Å². The van der Waals surface area contributed by atoms with Crippen LogP contribution in [0, 0.1) is 0 Å². The minimum Gasteiger partial charge on any atom is -0.413 e. The molecule has 2 aromatic carbocycles. The van der Waals surface area contributed by atoms with Gasteiger partial charge in [0.15, 0.2) is 0 Å². The summed E-state index contributed by atoms with van der Waals surface area (Å²) in [5, 5.41) is 12.1. The smallest absolute Gasteiger partial charge is 0.413 e. The van der Waals surface area contributed by atoms with Crippen molar-refractivity contribution in [2.75, 3.05) is 9.62 Å². The summed E-state index contributed by atoms with van der Waals surface area (Å²) >= 11 is 0. The normalized spacial score (nSPS) is 14.9. The van der Waals surface area contributed by atoms with Crippen LogP contribution in [-0.2, 0) is 0 Å². The van der Waals surface area contributed by atoms with E-state index < -0.39 is 7.19 Å². The fraction of sp³-hybridized carbons (Fsp3) is 0.448. The molecule has 0 aliphatic carbocycles. The average molecular weight is 444 g/mol. The van der Waals surface area contributed by atoms with E-state index in [0.29, 0.717) is 23.7 Å². The molecule has 0 bridgehead atoms. The van der Waals surface area contributed by atoms with Gasteiger partial charge in [-0.2, -0.15) is 0 Å². The van der Waals surface area contributed by atoms with Crippen LogP contribution in [0.4, 0.5) is 11.4 Å². The van der Waals surface area contributed by atoms with Crippen LogP contribution < -0.4 is 9.62 Å². The Kier molecular flexibility index (Phi) is 7.48. The third kappa shape index (κ3) is 4.63. The fourth-order valence-corrected chi connectivity index (χ4v) is 4.96. The molecule has 1 aliphatic heterocycles. The van der Waals surface area contributed by atoms with Gasteiger partial charge in [0.25, 0.3) is 0 Å². The highest BCUT2D eigenvalue weighted by Crippen LogP contribution is 2.43. The number of hydrogen-bond acceptors (Lipinski definition) is 3. The Morgan fingerprint density at radius 1 is 0.667 bits per heavy atom. The molecule has 0 aromatic heterocycles. The minimum atomic E-state index is -0.878. The van der Waals surface area contributed by atoms with Gasteiger partial charge in [-0.05, 0) is 58.9 Å². The summed E-state index contributed by atoms with van der Waals surface area (Å²) in [5.41, 5.74) is 9.00. The monoisotopic (exact) mass is 444 g/mol. The van der Waals surface area contributed by atoms with Crippen molar-refractivity contribution in [3.63, 3.8) is 0 Å². The first kappa shape index (κ1) is 25.2. The first-order valence-electron chi connectivity index (χ1n) is 12.4. The number of rotatable bonds is 6. The average Bonchev–Trinajstić information content (AvgIpc) is 2.72. The van der Waals surface area contributed by atoms with E-state index in [9.17, 15) is 5.02 Å². The molecule has 0 radical (unpaired) electrons. The molecular weight excluding hydrogens is 403 g/mol. The number of benzene rings is 2. The van der Waals surface area contributed by atoms with Gasteiger partial charge in [-0.15, -0.1) is 0 Å². The SMILES string of the molecule is C=C1C=C(C)N(c2c(C(C)C)cccc2C(C)C)B(O)N1c1c(C(C)C)cccc1C(C)C. The highest BCUT2D eigenvalue weighted by molar-refractivity contribution is 6.62. The van der Waals surface area contributed by atoms with Crippen LogP contribution in [0.3, 0.4) is 0 Å². The molecule has 176 valence electrons. The van der Waals surface area contributed by atoms with Crippen LogP contribution in [0.15, 0.2) is 60.4 Å². The van der Waals surface area contributed by atoms with Crippen molar-refractivity contribution in [2.24, 2.45) is 0 Å². The molecule has 4 heteroatoms. The molecule has 3 rings (SSSR count). The molecule has 0 saturated heterocycles. The van der Waals surface area contributed by atoms with Crippen molar-refractivity contribution in [1.82, 2.24) is 0 Å². The minimum absolute atomic E-state index is 0.327. The highest BCUT2D eigenvalue weighted by atomic mass is 16.2. The lowest BCUT2D eigenvalue weighted by Crippen LogP contribution is -2.56. The second-order valence-corrected chi connectivity index (χ2v) is 10.6. The second kappa shape index (κ2) is 9.81. The van der Waals surface area contributed by atoms with Crippen molar-refractivity contribution in [3.8, 4) is 0 Å². The second-order valence-electron chi connectivity index (χ2n) is 10.6. The molecule has 1 aliphatic rings. The van der Waals surface area contributed by atoms with Gasteiger partial charge >= 0.3 is 7.19 Å². The molecule has 0 saturated carbocycles. The molecule has 0 spiro atoms. The number of hydrogen-bond donors (Lipinski definition) is 1. The Bertz CT molecular complexity index is 999. The Labute approximate surface area is 202 Å². The molecule has 0 atom stereocenters. The van der Waals surface area contributed by atoms with Gasteiger partial charge in [-0.3, -0.25) is 0 Å². The first-order chi connectivity index (χ1) is 15.5. The number of nitrogens with zero attached hydrogens (tertiary/aromatic N) is 2. The van der Waals surface area contributed by atoms with E-state index in [0.717, 1.165) is 22.8 Å². The zero-order valence-electron chi connectivity index (χ0n) is 22.0. The molecule has 3 nitrogen and oxygen atoms in total. The maximum absolute atomic E-state index is 12.1. The Hall–Kier alpha value is -2.46. The zero-order valence-corrected chi connectivity index (χ0v) is 22.0. The summed E-state index contributed by atoms with van der Waals surface area (Å²) < 4.78 is 0. The summed E-state index contributed by atoms with van der Waals surface area (Å²) in [6.45, 7) is 24.2. The van der Waals surface area contributed by atoms with Gasteiger partial charge in [0, 0.05) is 22.8 Å². The van der Waals surface area contributed by atoms with Gasteiger partial charge in [-0.1, -0.05) is 98.4 Å². The van der Waals surface area contributed by atoms with E-state index in [1.165, 1.54) is 22.3 Å². The molecule has 1 N–H and O–H groups in total. The topological polar surface area (TPSA) is 26.7 Å². The lowest BCUT2D eigenvalue weighted by Gasteiger charge is -2.44. The quantitative estimate of drug-likeness (QED) is 0.459. The fourth-order valence-electron chi connectivity index (χ4n) is 4.96. The highest BCUT2D eigenvalue weighted by Gasteiger charge is 2.41. The van der Waals surface area contributed by atoms with Crippen molar-refractivity contribution < 1.29 is 5.02 Å². The van der Waals surface area contributed by atoms with E-state index >= 15 is 0 Å². The molecule has 1 heterocycles. The van der Waals surface area contributed by atoms with Crippen molar-refractivity contribution in [1.29, 1.82) is 0 Å². The molecule has 0 fully saturated rings. The maximum Gasteiger partial charge on any atom is 0.554 e. The largest absolute Gasteiger partial charge is 0.554 e. The third-order valence-electron chi connectivity index (χ3n) is 6.69. The van der Waals surface area contributed by atoms with Gasteiger partial charge in [-0.25, -0.2) is 0 Å². The van der Waals surface area contributed by atoms with Crippen LogP contribution in [-0.4, -0.2) is 12.2 Å². The van der Waals surface area contributed by atoms with Gasteiger partial charge in [0.2, 0.25) is 0 Å². The van der Waals surface area contributed by atoms with Crippen LogP contribution >= 0.6 is 0 Å². The molecular formula is C29H41BN2O. The van der Waals surface area contributed by atoms with Gasteiger partial charge in [0.05, 0.1) is 0 Å². The Morgan fingerprint density at radius 3 is 1.33 bits per heavy atom. The van der Waals surface area contributed by atoms with E-state index in [4.69, 9.17) is 0 Å². The summed E-state index contributed by atoms with van der Waals surface area (Å²) in [7, 11) is -0.878. The van der Waals surface area contributed by atoms with Crippen LogP contribution in [0.2, 0.25) is 0 Å². The predicted octanol–water partition coefficient (Wildman–Crippen LogP) is 7.90. The summed E-state index contributed by atoms with van der Waals surface area (Å²) in [6, 6.07) is 13.0. The van der Waals surface area contributed by atoms with Crippen molar-refractivity contribution in [2.45, 2.75) is 86.0 Å². The van der Waals surface area contributed by atoms with E-state index in [1.54, 1.807) is 0 Å². The van der Waals surface area contributed by atoms with Gasteiger partial charge in [0.1, 0.15) is 0 Å². The molecule has 0 unspecified atom stereocenters. The van der Waals surface area contributed by atoms with Crippen LogP contribution in [0.25, 0.3) is 0 Å². The van der Waals surface area contributed by atoms with Crippen molar-refractivity contribution >= 4 is 18.6 Å². The maximum atomic E-state index is 12.1. The first-order valence-corrected chi connectivity index (χ1v) is 12.4. The number of allylic oxidation sites excluding steroid dienone is 2. The lowest BCUT2D eigenvalue weighted by atomic mass is 9.79. The molecule has 33 heavy (non-hydrogen) atoms. The summed E-state index contributed by atoms with van der Waals surface area (Å²) in [6.07, 6.45) is 2.11. The lowest BCUT2D eigenvalue weighted by molar-refractivity contribution is 0.560. The number of para-hydroxylation sites is 2. The molecule has 0 amide bonds. The number of anilines is 2.